The Labute approximate surface area is 561 Å². The molecule has 0 spiro atoms. The Morgan fingerprint density at radius 2 is 0.600 bits per heavy atom. The molecule has 0 bridgehead atoms. The predicted octanol–water partition coefficient (Wildman–Crippen LogP) is 8.50. The van der Waals surface area contributed by atoms with E-state index in [0.717, 1.165) is 36.4 Å². The van der Waals surface area contributed by atoms with Crippen LogP contribution in [0.25, 0.3) is 0 Å². The summed E-state index contributed by atoms with van der Waals surface area (Å²) in [5, 5.41) is 39.6. The van der Waals surface area contributed by atoms with Crippen LogP contribution in [0, 0.1) is 47.4 Å². The topological polar surface area (TPSA) is 396 Å². The Kier molecular flexibility index (Phi) is 34.7. The molecule has 0 amide bonds. The molecule has 24 nitrogen and oxygen atoms in total. The Hall–Kier alpha value is -1.61. The van der Waals surface area contributed by atoms with Gasteiger partial charge in [0.1, 0.15) is 50.1 Å². The molecule has 0 aliphatic heterocycles. The fraction of sp³-hybridized carbons (Fsp3) is 0.0270. The van der Waals surface area contributed by atoms with Crippen molar-refractivity contribution in [3.05, 3.63) is 191 Å². The van der Waals surface area contributed by atoms with Crippen molar-refractivity contribution >= 4 is 215 Å². The van der Waals surface area contributed by atoms with E-state index in [1.807, 2.05) is 0 Å². The van der Waals surface area contributed by atoms with Crippen LogP contribution in [0.15, 0.2) is 109 Å². The molecule has 0 aliphatic rings. The standard InChI is InChI=1S/C7H5Cl2NO2.3C6H3Cl2NO5S.C6H4Cl2O3S.C6H4Cl2S.2Na/c1-4-5(8)2-3-6(7(4)9)10(11)12;3*7-3-1-2-4(9(10)11)5(8)6(3)15(12,13)14;7-4-2-1-3-5(8)6(4)12(9,10)11;7-4-2-1-3-5(8)6(4)9;;/h2-3H,1H3;3*1-2H,(H,12,13,14);1-3H,(H,9,10,11);1-3,9H;;/q;;;;;;2*+1/p-2. The molecular weight excluding hydrogens is 1450 g/mol. The van der Waals surface area contributed by atoms with Gasteiger partial charge in [0.2, 0.25) is 0 Å². The molecule has 43 heteroatoms. The van der Waals surface area contributed by atoms with Crippen LogP contribution in [-0.2, 0) is 40.5 Å². The van der Waals surface area contributed by atoms with Crippen LogP contribution < -0.4 is 59.1 Å². The maximum Gasteiger partial charge on any atom is 1.00 e. The first-order chi connectivity index (χ1) is 35.4. The van der Waals surface area contributed by atoms with Crippen LogP contribution in [0.4, 0.5) is 22.7 Å². The van der Waals surface area contributed by atoms with E-state index in [1.54, 1.807) is 25.1 Å². The maximum absolute atomic E-state index is 10.8. The number of hydrogen-bond donors (Lipinski definition) is 3. The van der Waals surface area contributed by atoms with Gasteiger partial charge in [0, 0.05) is 34.2 Å². The molecule has 0 atom stereocenters. The SMILES string of the molecule is Cc1c(Cl)ccc([N+](=O)[O-])c1Cl.O=S(=O)([O-])c1c(Cl)cccc1Cl.O=[N+]([O-])c1ccc(Cl)c(S(=O)(=O)O)c1Cl.O=[N+]([O-])c1ccc(Cl)c(S(=O)(=O)O)c1Cl.O=[N+]([O-])c1ccc(Cl)c(S(=O)(=O)[O-])c1Cl.Sc1c(Cl)cccc1Cl.[Na+].[Na+]. The molecule has 424 valence electrons. The minimum absolute atomic E-state index is 0. The van der Waals surface area contributed by atoms with E-state index in [4.69, 9.17) is 148 Å². The zero-order valence-corrected chi connectivity index (χ0v) is 56.0. The summed E-state index contributed by atoms with van der Waals surface area (Å²) in [6.45, 7) is 1.64. The van der Waals surface area contributed by atoms with Gasteiger partial charge >= 0.3 is 59.1 Å². The molecule has 2 N–H and O–H groups in total. The summed E-state index contributed by atoms with van der Waals surface area (Å²) in [5.41, 5.74) is -1.55. The van der Waals surface area contributed by atoms with Crippen LogP contribution in [0.3, 0.4) is 0 Å². The van der Waals surface area contributed by atoms with Crippen molar-refractivity contribution in [2.45, 2.75) is 31.4 Å². The van der Waals surface area contributed by atoms with Gasteiger partial charge in [0.25, 0.3) is 43.0 Å². The summed E-state index contributed by atoms with van der Waals surface area (Å²) >= 11 is 70.1. The molecule has 0 radical (unpaired) electrons. The minimum Gasteiger partial charge on any atom is -0.744 e. The van der Waals surface area contributed by atoms with E-state index < -0.39 is 117 Å². The van der Waals surface area contributed by atoms with Crippen LogP contribution in [-0.4, -0.2) is 71.6 Å². The van der Waals surface area contributed by atoms with Gasteiger partial charge in [-0.3, -0.25) is 49.6 Å². The van der Waals surface area contributed by atoms with Gasteiger partial charge in [-0.25, -0.2) is 16.8 Å². The Morgan fingerprint density at radius 3 is 0.838 bits per heavy atom. The summed E-state index contributed by atoms with van der Waals surface area (Å²) in [7, 11) is -18.9. The fourth-order valence-electron chi connectivity index (χ4n) is 4.69. The molecule has 0 aromatic heterocycles. The van der Waals surface area contributed by atoms with Crippen LogP contribution >= 0.6 is 152 Å². The molecule has 0 fully saturated rings. The third-order valence-electron chi connectivity index (χ3n) is 8.05. The number of nitro groups is 4. The van der Waals surface area contributed by atoms with Crippen LogP contribution in [0.2, 0.25) is 60.3 Å². The Balaban J connectivity index is 0. The molecule has 0 saturated heterocycles. The number of nitro benzene ring substituents is 4. The van der Waals surface area contributed by atoms with Crippen molar-refractivity contribution in [2.75, 3.05) is 0 Å². The number of benzene rings is 6. The van der Waals surface area contributed by atoms with Crippen molar-refractivity contribution in [3.8, 4) is 0 Å². The molecule has 0 aliphatic carbocycles. The molecular formula is C37H20Cl12N4Na2O20S5. The second-order valence-electron chi connectivity index (χ2n) is 13.1. The van der Waals surface area contributed by atoms with E-state index in [2.05, 4.69) is 12.6 Å². The average molecular weight is 1470 g/mol. The van der Waals surface area contributed by atoms with Gasteiger partial charge in [0.15, 0.2) is 0 Å². The van der Waals surface area contributed by atoms with Crippen LogP contribution in [0.5, 0.6) is 0 Å². The zero-order chi connectivity index (χ0) is 60.9. The molecule has 6 rings (SSSR count). The Morgan fingerprint density at radius 1 is 0.375 bits per heavy atom. The summed E-state index contributed by atoms with van der Waals surface area (Å²) in [6.07, 6.45) is 0. The number of nitrogens with zero attached hydrogens (tertiary/aromatic N) is 4. The van der Waals surface area contributed by atoms with E-state index in [0.29, 0.717) is 25.5 Å². The summed E-state index contributed by atoms with van der Waals surface area (Å²) < 4.78 is 124. The fourth-order valence-corrected chi connectivity index (χ4v) is 12.2. The van der Waals surface area contributed by atoms with Crippen molar-refractivity contribution in [2.24, 2.45) is 0 Å². The summed E-state index contributed by atoms with van der Waals surface area (Å²) in [6, 6.07) is 17.7. The van der Waals surface area contributed by atoms with E-state index in [-0.39, 0.29) is 89.9 Å². The van der Waals surface area contributed by atoms with Crippen molar-refractivity contribution in [1.29, 1.82) is 0 Å². The number of thiol groups is 1. The molecule has 6 aromatic carbocycles. The van der Waals surface area contributed by atoms with E-state index in [1.165, 1.54) is 30.3 Å². The third kappa shape index (κ3) is 24.0. The Bertz CT molecular complexity index is 3530. The van der Waals surface area contributed by atoms with Gasteiger partial charge in [-0.15, -0.1) is 12.6 Å². The van der Waals surface area contributed by atoms with Gasteiger partial charge in [-0.1, -0.05) is 151 Å². The molecule has 0 saturated carbocycles. The second-order valence-corrected chi connectivity index (χ2v) is 23.7. The molecule has 80 heavy (non-hydrogen) atoms. The maximum atomic E-state index is 10.8. The first-order valence-electron chi connectivity index (χ1n) is 18.3. The quantitative estimate of drug-likeness (QED) is 0.0422. The number of rotatable bonds is 8. The first kappa shape index (κ1) is 80.5. The van der Waals surface area contributed by atoms with E-state index in [9.17, 15) is 83.2 Å². The molecule has 6 aromatic rings. The minimum atomic E-state index is -4.94. The smallest absolute Gasteiger partial charge is 0.744 e. The van der Waals surface area contributed by atoms with Gasteiger partial charge in [0.05, 0.1) is 64.6 Å². The first-order valence-corrected chi connectivity index (χ1v) is 29.0. The van der Waals surface area contributed by atoms with Gasteiger partial charge < -0.3 is 9.11 Å². The normalized spacial score (nSPS) is 10.7. The van der Waals surface area contributed by atoms with Crippen molar-refractivity contribution in [1.82, 2.24) is 0 Å². The van der Waals surface area contributed by atoms with Crippen LogP contribution in [0.1, 0.15) is 5.56 Å². The third-order valence-corrected chi connectivity index (χ3v) is 17.7. The largest absolute Gasteiger partial charge is 1.00 e. The monoisotopic (exact) mass is 1470 g/mol. The zero-order valence-electron chi connectivity index (χ0n) is 38.7. The van der Waals surface area contributed by atoms with Gasteiger partial charge in [-0.2, -0.15) is 16.8 Å². The second kappa shape index (κ2) is 34.5. The molecule has 0 unspecified atom stereocenters. The van der Waals surface area contributed by atoms with Gasteiger partial charge in [-0.05, 0) is 61.0 Å². The number of halogens is 12. The number of hydrogen-bond acceptors (Lipinski definition) is 19. The predicted molar refractivity (Wildman–Crippen MR) is 293 cm³/mol. The molecule has 0 heterocycles. The van der Waals surface area contributed by atoms with Crippen molar-refractivity contribution < 1.29 is 131 Å². The average Bonchev–Trinajstić information content (AvgIpc) is 3.26. The van der Waals surface area contributed by atoms with E-state index >= 15 is 0 Å². The van der Waals surface area contributed by atoms with Crippen molar-refractivity contribution in [3.63, 3.8) is 0 Å². The summed E-state index contributed by atoms with van der Waals surface area (Å²) in [5.74, 6) is 0. The summed E-state index contributed by atoms with van der Waals surface area (Å²) in [4.78, 5) is 35.8.